The quantitative estimate of drug-likeness (QED) is 0.298. The van der Waals surface area contributed by atoms with Crippen LogP contribution in [0.4, 0.5) is 0 Å². The zero-order chi connectivity index (χ0) is 29.4. The highest BCUT2D eigenvalue weighted by atomic mass is 15.3. The fraction of sp³-hybridized carbons (Fsp3) is 0.606. The number of rotatable bonds is 9. The molecule has 2 fully saturated rings. The van der Waals surface area contributed by atoms with E-state index in [9.17, 15) is 0 Å². The van der Waals surface area contributed by atoms with Crippen molar-refractivity contribution in [3.05, 3.63) is 53.6 Å². The summed E-state index contributed by atoms with van der Waals surface area (Å²) in [6.07, 6.45) is 6.35. The maximum atomic E-state index is 5.09. The maximum Gasteiger partial charge on any atom is 0.158 e. The van der Waals surface area contributed by atoms with E-state index in [0.717, 1.165) is 83.3 Å². The molecule has 2 saturated heterocycles. The van der Waals surface area contributed by atoms with Gasteiger partial charge in [0.1, 0.15) is 5.65 Å². The van der Waals surface area contributed by atoms with Crippen molar-refractivity contribution in [3.8, 4) is 0 Å². The van der Waals surface area contributed by atoms with E-state index < -0.39 is 0 Å². The number of aromatic nitrogens is 5. The summed E-state index contributed by atoms with van der Waals surface area (Å²) in [5.41, 5.74) is 5.98. The zero-order valence-corrected chi connectivity index (χ0v) is 26.5. The van der Waals surface area contributed by atoms with Crippen molar-refractivity contribution in [1.29, 1.82) is 0 Å². The van der Waals surface area contributed by atoms with Gasteiger partial charge in [-0.3, -0.25) is 14.7 Å². The second-order valence-corrected chi connectivity index (χ2v) is 13.2. The van der Waals surface area contributed by atoms with E-state index in [1.54, 1.807) is 0 Å². The molecule has 4 aromatic rings. The summed E-state index contributed by atoms with van der Waals surface area (Å²) in [4.78, 5) is 19.9. The number of fused-ring (bicyclic) bond motifs is 2. The van der Waals surface area contributed by atoms with E-state index in [-0.39, 0.29) is 0 Å². The van der Waals surface area contributed by atoms with E-state index in [2.05, 4.69) is 101 Å². The molecule has 4 aromatic heterocycles. The Bertz CT molecular complexity index is 1490. The Balaban J connectivity index is 1.18. The Hall–Kier alpha value is -2.85. The molecule has 0 bridgehead atoms. The molecule has 1 atom stereocenters. The molecule has 0 saturated carbocycles. The number of hydrogen-bond donors (Lipinski definition) is 0. The average Bonchev–Trinajstić information content (AvgIpc) is 3.55. The largest absolute Gasteiger partial charge is 0.331 e. The van der Waals surface area contributed by atoms with Crippen LogP contribution in [0.1, 0.15) is 62.4 Å². The lowest BCUT2D eigenvalue weighted by atomic mass is 10.0. The Morgan fingerprint density at radius 3 is 2.33 bits per heavy atom. The highest BCUT2D eigenvalue weighted by Crippen LogP contribution is 2.30. The van der Waals surface area contributed by atoms with Gasteiger partial charge in [-0.15, -0.1) is 0 Å². The molecule has 2 aliphatic rings. The minimum atomic E-state index is 0.315. The van der Waals surface area contributed by atoms with Crippen molar-refractivity contribution in [2.45, 2.75) is 58.7 Å². The van der Waals surface area contributed by atoms with Gasteiger partial charge in [-0.1, -0.05) is 27.7 Å². The number of pyridine rings is 2. The minimum Gasteiger partial charge on any atom is -0.331 e. The van der Waals surface area contributed by atoms with Gasteiger partial charge in [0.2, 0.25) is 0 Å². The van der Waals surface area contributed by atoms with Crippen molar-refractivity contribution in [1.82, 2.24) is 43.9 Å². The molecule has 0 radical (unpaired) electrons. The molecule has 6 rings (SSSR count). The van der Waals surface area contributed by atoms with Gasteiger partial charge in [0, 0.05) is 101 Å². The zero-order valence-electron chi connectivity index (χ0n) is 26.5. The number of piperazine rings is 2. The normalized spacial score (nSPS) is 20.1. The molecular weight excluding hydrogens is 522 g/mol. The fourth-order valence-corrected chi connectivity index (χ4v) is 6.69. The smallest absolute Gasteiger partial charge is 0.158 e. The number of likely N-dealkylation sites (N-methyl/N-ethyl adjacent to an activating group) is 2. The first-order valence-corrected chi connectivity index (χ1v) is 15.9. The van der Waals surface area contributed by atoms with Gasteiger partial charge in [0.05, 0.1) is 12.2 Å². The SMILES string of the molecule is CC(C)c1cn(CCN2CCN(C)C(c3cnc4c(c3)c(C(C)C)nn4CCN3CCN(C)CC3)C2)c2ncccc12. The van der Waals surface area contributed by atoms with E-state index in [1.165, 1.54) is 27.6 Å². The number of nitrogens with zero attached hydrogens (tertiary/aromatic N) is 9. The third-order valence-electron chi connectivity index (χ3n) is 9.47. The highest BCUT2D eigenvalue weighted by molar-refractivity contribution is 5.81. The molecule has 0 spiro atoms. The molecule has 6 heterocycles. The second-order valence-electron chi connectivity index (χ2n) is 13.2. The number of hydrogen-bond acceptors (Lipinski definition) is 7. The molecular formula is C33H49N9. The lowest BCUT2D eigenvalue weighted by molar-refractivity contribution is 0.0931. The van der Waals surface area contributed by atoms with Crippen LogP contribution in [0.5, 0.6) is 0 Å². The Morgan fingerprint density at radius 1 is 0.810 bits per heavy atom. The summed E-state index contributed by atoms with van der Waals surface area (Å²) >= 11 is 0. The third-order valence-corrected chi connectivity index (χ3v) is 9.47. The molecule has 0 N–H and O–H groups in total. The Labute approximate surface area is 251 Å². The summed E-state index contributed by atoms with van der Waals surface area (Å²) in [6, 6.07) is 6.97. The van der Waals surface area contributed by atoms with Crippen molar-refractivity contribution >= 4 is 22.1 Å². The minimum absolute atomic E-state index is 0.315. The molecule has 2 aliphatic heterocycles. The standard InChI is InChI=1S/C33H49N9/c1-24(2)29-22-41(32-27(29)8-7-9-34-32)18-16-40-15-12-38(6)30(23-40)26-20-28-31(25(3)4)36-42(33(28)35-21-26)19-17-39-13-10-37(5)11-14-39/h7-9,20-22,24-25,30H,10-19,23H2,1-6H3. The van der Waals surface area contributed by atoms with Crippen molar-refractivity contribution in [2.24, 2.45) is 0 Å². The van der Waals surface area contributed by atoms with Gasteiger partial charge < -0.3 is 9.47 Å². The van der Waals surface area contributed by atoms with Gasteiger partial charge in [0.25, 0.3) is 0 Å². The van der Waals surface area contributed by atoms with Crippen LogP contribution in [-0.2, 0) is 13.1 Å². The van der Waals surface area contributed by atoms with Gasteiger partial charge in [0.15, 0.2) is 5.65 Å². The first-order chi connectivity index (χ1) is 20.3. The molecule has 226 valence electrons. The summed E-state index contributed by atoms with van der Waals surface area (Å²) < 4.78 is 4.52. The lowest BCUT2D eigenvalue weighted by Crippen LogP contribution is -2.47. The van der Waals surface area contributed by atoms with Crippen molar-refractivity contribution in [2.75, 3.05) is 73.0 Å². The van der Waals surface area contributed by atoms with Crippen LogP contribution in [0.15, 0.2) is 36.8 Å². The summed E-state index contributed by atoms with van der Waals surface area (Å²) in [5, 5.41) is 7.60. The van der Waals surface area contributed by atoms with Crippen LogP contribution in [-0.4, -0.2) is 117 Å². The van der Waals surface area contributed by atoms with E-state index >= 15 is 0 Å². The Morgan fingerprint density at radius 2 is 1.57 bits per heavy atom. The molecule has 1 unspecified atom stereocenters. The summed E-state index contributed by atoms with van der Waals surface area (Å²) in [7, 11) is 4.47. The summed E-state index contributed by atoms with van der Waals surface area (Å²) in [6.45, 7) is 20.6. The average molecular weight is 572 g/mol. The van der Waals surface area contributed by atoms with Crippen LogP contribution in [0.2, 0.25) is 0 Å². The van der Waals surface area contributed by atoms with Crippen molar-refractivity contribution in [3.63, 3.8) is 0 Å². The fourth-order valence-electron chi connectivity index (χ4n) is 6.69. The van der Waals surface area contributed by atoms with Crippen LogP contribution in [0, 0.1) is 0 Å². The van der Waals surface area contributed by atoms with Crippen LogP contribution in [0.3, 0.4) is 0 Å². The van der Waals surface area contributed by atoms with Gasteiger partial charge in [-0.05, 0) is 55.3 Å². The van der Waals surface area contributed by atoms with Gasteiger partial charge >= 0.3 is 0 Å². The van der Waals surface area contributed by atoms with Gasteiger partial charge in [-0.2, -0.15) is 5.10 Å². The molecule has 9 nitrogen and oxygen atoms in total. The second kappa shape index (κ2) is 12.4. The molecule has 0 amide bonds. The Kier molecular flexibility index (Phi) is 8.63. The molecule has 9 heteroatoms. The molecule has 0 aliphatic carbocycles. The monoisotopic (exact) mass is 571 g/mol. The molecule has 42 heavy (non-hydrogen) atoms. The first-order valence-electron chi connectivity index (χ1n) is 15.9. The van der Waals surface area contributed by atoms with Crippen LogP contribution < -0.4 is 0 Å². The van der Waals surface area contributed by atoms with E-state index in [4.69, 9.17) is 15.1 Å². The highest BCUT2D eigenvalue weighted by Gasteiger charge is 2.27. The molecule has 0 aromatic carbocycles. The topological polar surface area (TPSA) is 61.5 Å². The first kappa shape index (κ1) is 29.2. The predicted octanol–water partition coefficient (Wildman–Crippen LogP) is 4.26. The summed E-state index contributed by atoms with van der Waals surface area (Å²) in [5.74, 6) is 0.844. The van der Waals surface area contributed by atoms with Crippen molar-refractivity contribution < 1.29 is 0 Å². The maximum absolute atomic E-state index is 5.09. The van der Waals surface area contributed by atoms with Crippen LogP contribution in [0.25, 0.3) is 22.1 Å². The lowest BCUT2D eigenvalue weighted by Gasteiger charge is -2.39. The van der Waals surface area contributed by atoms with E-state index in [0.29, 0.717) is 17.9 Å². The van der Waals surface area contributed by atoms with Gasteiger partial charge in [-0.25, -0.2) is 14.6 Å². The van der Waals surface area contributed by atoms with Crippen LogP contribution >= 0.6 is 0 Å². The third kappa shape index (κ3) is 5.97. The van der Waals surface area contributed by atoms with E-state index in [1.807, 2.05) is 6.20 Å². The predicted molar refractivity (Wildman–Crippen MR) is 171 cm³/mol.